The number of aromatic nitrogens is 1. The van der Waals surface area contributed by atoms with Gasteiger partial charge >= 0.3 is 5.97 Å². The molecule has 1 aromatic heterocycles. The summed E-state index contributed by atoms with van der Waals surface area (Å²) in [5, 5.41) is 22.4. The normalized spacial score (nSPS) is 30.7. The Balaban J connectivity index is 1.64. The third kappa shape index (κ3) is 6.51. The number of ketones is 1. The number of benzene rings is 1. The number of hydrogen-bond acceptors (Lipinski definition) is 8. The third-order valence-electron chi connectivity index (χ3n) is 8.31. The Morgan fingerprint density at radius 1 is 1.18 bits per heavy atom. The first kappa shape index (κ1) is 29.2. The first-order chi connectivity index (χ1) is 18.6. The summed E-state index contributed by atoms with van der Waals surface area (Å²) in [4.78, 5) is 31.5. The van der Waals surface area contributed by atoms with Crippen LogP contribution in [-0.4, -0.2) is 51.9 Å². The lowest BCUT2D eigenvalue weighted by molar-refractivity contribution is -0.164. The molecule has 2 aromatic rings. The van der Waals surface area contributed by atoms with Crippen LogP contribution < -0.4 is 0 Å². The third-order valence-corrected chi connectivity index (χ3v) is 8.31. The Bertz CT molecular complexity index is 1220. The van der Waals surface area contributed by atoms with Gasteiger partial charge in [-0.05, 0) is 64.2 Å². The molecule has 1 aliphatic heterocycles. The SMILES string of the molecule is C/C=C\C[C@H]1C(=O)C2(CCC2)[C@@H](O)CC(=O)O[C@H](c2ccc3oc(C)nc3c2)C/C=C(/C)CCO[C@H](C)[C@H]1O. The highest BCUT2D eigenvalue weighted by molar-refractivity contribution is 5.90. The van der Waals surface area contributed by atoms with Gasteiger partial charge in [0.2, 0.25) is 0 Å². The molecule has 5 atom stereocenters. The van der Waals surface area contributed by atoms with E-state index in [9.17, 15) is 19.8 Å². The fourth-order valence-corrected chi connectivity index (χ4v) is 5.67. The van der Waals surface area contributed by atoms with Crippen molar-refractivity contribution in [3.8, 4) is 0 Å². The monoisotopic (exact) mass is 539 g/mol. The van der Waals surface area contributed by atoms with E-state index in [0.717, 1.165) is 17.6 Å². The van der Waals surface area contributed by atoms with Crippen LogP contribution in [0.15, 0.2) is 46.4 Å². The number of cyclic esters (lactones) is 1. The topological polar surface area (TPSA) is 119 Å². The van der Waals surface area contributed by atoms with E-state index in [4.69, 9.17) is 13.9 Å². The van der Waals surface area contributed by atoms with Gasteiger partial charge in [0, 0.05) is 13.3 Å². The number of aliphatic hydroxyl groups excluding tert-OH is 2. The number of aryl methyl sites for hydroxylation is 1. The number of Topliss-reactive ketones (excluding diaryl/α,β-unsaturated/α-hetero) is 1. The molecule has 0 radical (unpaired) electrons. The van der Waals surface area contributed by atoms with E-state index in [2.05, 4.69) is 4.98 Å². The van der Waals surface area contributed by atoms with Crippen LogP contribution in [0, 0.1) is 18.3 Å². The van der Waals surface area contributed by atoms with Crippen molar-refractivity contribution in [1.82, 2.24) is 4.98 Å². The Labute approximate surface area is 230 Å². The molecule has 8 nitrogen and oxygen atoms in total. The molecule has 0 unspecified atom stereocenters. The Hall–Kier alpha value is -2.81. The number of aliphatic hydroxyl groups is 2. The van der Waals surface area contributed by atoms with E-state index in [1.165, 1.54) is 0 Å². The lowest BCUT2D eigenvalue weighted by atomic mass is 9.58. The van der Waals surface area contributed by atoms with Crippen molar-refractivity contribution in [3.63, 3.8) is 0 Å². The molecule has 8 heteroatoms. The van der Waals surface area contributed by atoms with Crippen molar-refractivity contribution >= 4 is 22.9 Å². The molecule has 1 aromatic carbocycles. The second kappa shape index (κ2) is 12.6. The minimum Gasteiger partial charge on any atom is -0.457 e. The molecule has 212 valence electrons. The molecule has 4 rings (SSSR count). The lowest BCUT2D eigenvalue weighted by Gasteiger charge is -2.46. The number of carbonyl (C=O) groups is 2. The molecule has 1 spiro atoms. The van der Waals surface area contributed by atoms with Crippen LogP contribution in [0.4, 0.5) is 0 Å². The van der Waals surface area contributed by atoms with E-state index in [-0.39, 0.29) is 12.2 Å². The number of rotatable bonds is 3. The number of allylic oxidation sites excluding steroid dienone is 2. The van der Waals surface area contributed by atoms with Crippen molar-refractivity contribution in [2.45, 2.75) is 97.1 Å². The minimum absolute atomic E-state index is 0.207. The highest BCUT2D eigenvalue weighted by Gasteiger charge is 2.53. The zero-order valence-electron chi connectivity index (χ0n) is 23.4. The summed E-state index contributed by atoms with van der Waals surface area (Å²) < 4.78 is 17.5. The second-order valence-electron chi connectivity index (χ2n) is 11.0. The molecule has 0 bridgehead atoms. The number of oxazole rings is 1. The predicted molar refractivity (Wildman–Crippen MR) is 147 cm³/mol. The Morgan fingerprint density at radius 2 is 1.95 bits per heavy atom. The van der Waals surface area contributed by atoms with E-state index in [0.29, 0.717) is 55.7 Å². The van der Waals surface area contributed by atoms with Gasteiger partial charge in [0.15, 0.2) is 11.5 Å². The molecule has 1 fully saturated rings. The number of hydrogen-bond donors (Lipinski definition) is 2. The van der Waals surface area contributed by atoms with Crippen molar-refractivity contribution in [2.75, 3.05) is 6.61 Å². The van der Waals surface area contributed by atoms with Crippen LogP contribution in [0.25, 0.3) is 11.1 Å². The van der Waals surface area contributed by atoms with Gasteiger partial charge < -0.3 is 24.1 Å². The average molecular weight is 540 g/mol. The number of esters is 1. The summed E-state index contributed by atoms with van der Waals surface area (Å²) in [6, 6.07) is 5.53. The molecule has 2 heterocycles. The summed E-state index contributed by atoms with van der Waals surface area (Å²) in [5.41, 5.74) is 2.09. The Morgan fingerprint density at radius 3 is 2.64 bits per heavy atom. The van der Waals surface area contributed by atoms with Gasteiger partial charge in [-0.3, -0.25) is 9.59 Å². The standard InChI is InChI=1S/C31H41NO7/c1-5-6-8-23-29(35)20(3)37-16-13-19(2)9-11-25(22-10-12-26-24(17-22)32-21(4)38-26)39-28(34)18-27(33)31(30(23)36)14-7-15-31/h5-6,9-10,12,17,20,23,25,27,29,33,35H,7-8,11,13-16,18H2,1-4H3/b6-5-,19-9-/t20-,23-,25+,27+,29-/m1/s1. The van der Waals surface area contributed by atoms with Crippen molar-refractivity contribution in [3.05, 3.63) is 53.5 Å². The summed E-state index contributed by atoms with van der Waals surface area (Å²) in [6.07, 6.45) is 5.18. The van der Waals surface area contributed by atoms with E-state index in [1.807, 2.05) is 50.3 Å². The maximum Gasteiger partial charge on any atom is 0.309 e. The van der Waals surface area contributed by atoms with Gasteiger partial charge in [0.05, 0.1) is 42.7 Å². The molecule has 0 saturated heterocycles. The number of fused-ring (bicyclic) bond motifs is 1. The smallest absolute Gasteiger partial charge is 0.309 e. The van der Waals surface area contributed by atoms with E-state index >= 15 is 0 Å². The molecule has 2 aliphatic rings. The minimum atomic E-state index is -1.20. The summed E-state index contributed by atoms with van der Waals surface area (Å²) in [5.74, 6) is -0.958. The Kier molecular flexibility index (Phi) is 9.41. The summed E-state index contributed by atoms with van der Waals surface area (Å²) in [7, 11) is 0. The lowest BCUT2D eigenvalue weighted by Crippen LogP contribution is -2.54. The zero-order chi connectivity index (χ0) is 28.2. The fraction of sp³-hybridized carbons (Fsp3) is 0.581. The number of nitrogens with zero attached hydrogens (tertiary/aromatic N) is 1. The first-order valence-corrected chi connectivity index (χ1v) is 14.0. The molecule has 1 saturated carbocycles. The van der Waals surface area contributed by atoms with Crippen LogP contribution in [0.5, 0.6) is 0 Å². The average Bonchev–Trinajstić information content (AvgIpc) is 3.24. The van der Waals surface area contributed by atoms with Crippen molar-refractivity contribution in [1.29, 1.82) is 0 Å². The maximum atomic E-state index is 13.9. The van der Waals surface area contributed by atoms with E-state index < -0.39 is 41.7 Å². The quantitative estimate of drug-likeness (QED) is 0.398. The van der Waals surface area contributed by atoms with Crippen LogP contribution in [0.3, 0.4) is 0 Å². The van der Waals surface area contributed by atoms with Crippen LogP contribution in [0.1, 0.15) is 83.3 Å². The van der Waals surface area contributed by atoms with Gasteiger partial charge in [-0.1, -0.05) is 36.3 Å². The largest absolute Gasteiger partial charge is 0.457 e. The highest BCUT2D eigenvalue weighted by Crippen LogP contribution is 2.48. The van der Waals surface area contributed by atoms with Gasteiger partial charge in [-0.25, -0.2) is 4.98 Å². The molecule has 0 amide bonds. The van der Waals surface area contributed by atoms with Gasteiger partial charge in [-0.2, -0.15) is 0 Å². The van der Waals surface area contributed by atoms with Gasteiger partial charge in [0.25, 0.3) is 0 Å². The predicted octanol–water partition coefficient (Wildman–Crippen LogP) is 5.30. The second-order valence-corrected chi connectivity index (χ2v) is 11.0. The zero-order valence-corrected chi connectivity index (χ0v) is 23.4. The molecule has 39 heavy (non-hydrogen) atoms. The van der Waals surface area contributed by atoms with Crippen LogP contribution >= 0.6 is 0 Å². The van der Waals surface area contributed by atoms with Crippen molar-refractivity contribution < 1.29 is 33.7 Å². The molecular weight excluding hydrogens is 498 g/mol. The fourth-order valence-electron chi connectivity index (χ4n) is 5.67. The van der Waals surface area contributed by atoms with Gasteiger partial charge in [-0.15, -0.1) is 0 Å². The summed E-state index contributed by atoms with van der Waals surface area (Å²) in [6.45, 7) is 7.79. The number of ether oxygens (including phenoxy) is 2. The molecule has 1 aliphatic carbocycles. The van der Waals surface area contributed by atoms with Crippen LogP contribution in [-0.2, 0) is 19.1 Å². The summed E-state index contributed by atoms with van der Waals surface area (Å²) >= 11 is 0. The van der Waals surface area contributed by atoms with Gasteiger partial charge in [0.1, 0.15) is 17.4 Å². The van der Waals surface area contributed by atoms with Crippen molar-refractivity contribution in [2.24, 2.45) is 11.3 Å². The van der Waals surface area contributed by atoms with E-state index in [1.54, 1.807) is 13.8 Å². The maximum absolute atomic E-state index is 13.9. The highest BCUT2D eigenvalue weighted by atomic mass is 16.5. The number of carbonyl (C=O) groups excluding carboxylic acids is 2. The van der Waals surface area contributed by atoms with Crippen LogP contribution in [0.2, 0.25) is 0 Å². The molecule has 2 N–H and O–H groups in total. The molecular formula is C31H41NO7. The first-order valence-electron chi connectivity index (χ1n) is 14.0.